The van der Waals surface area contributed by atoms with Gasteiger partial charge < -0.3 is 10.4 Å². The fourth-order valence-electron chi connectivity index (χ4n) is 1.56. The van der Waals surface area contributed by atoms with E-state index in [1.807, 2.05) is 6.92 Å². The Kier molecular flexibility index (Phi) is 5.63. The molecule has 1 rings (SSSR count). The van der Waals surface area contributed by atoms with Gasteiger partial charge in [0.05, 0.1) is 4.92 Å². The van der Waals surface area contributed by atoms with Crippen LogP contribution in [0.15, 0.2) is 18.2 Å². The molecule has 2 unspecified atom stereocenters. The molecule has 0 amide bonds. The Morgan fingerprint density at radius 1 is 1.55 bits per heavy atom. The summed E-state index contributed by atoms with van der Waals surface area (Å²) < 4.78 is 11.2. The van der Waals surface area contributed by atoms with Gasteiger partial charge in [0.1, 0.15) is 5.56 Å². The molecule has 0 fully saturated rings. The van der Waals surface area contributed by atoms with Crippen molar-refractivity contribution in [3.05, 3.63) is 33.9 Å². The predicted octanol–water partition coefficient (Wildman–Crippen LogP) is 1.86. The van der Waals surface area contributed by atoms with Crippen molar-refractivity contribution >= 4 is 28.1 Å². The van der Waals surface area contributed by atoms with Crippen molar-refractivity contribution < 1.29 is 19.0 Å². The molecule has 0 aliphatic heterocycles. The molecular formula is C12H16N2O5S. The standard InChI is InChI=1S/C12H16N2O5S/c1-8(20(2)19)5-6-13-9-3-4-10(12(15)16)11(7-9)14(17)18/h3-4,7-8,13H,5-6H2,1-2H3,(H,15,16). The van der Waals surface area contributed by atoms with Gasteiger partial charge in [0.2, 0.25) is 0 Å². The van der Waals surface area contributed by atoms with Gasteiger partial charge in [-0.15, -0.1) is 0 Å². The van der Waals surface area contributed by atoms with E-state index in [9.17, 15) is 19.1 Å². The summed E-state index contributed by atoms with van der Waals surface area (Å²) >= 11 is 0. The number of anilines is 1. The number of carboxylic acid groups (broad SMARTS) is 1. The Morgan fingerprint density at radius 3 is 2.70 bits per heavy atom. The first kappa shape index (κ1) is 16.1. The molecule has 7 nitrogen and oxygen atoms in total. The highest BCUT2D eigenvalue weighted by molar-refractivity contribution is 7.84. The van der Waals surface area contributed by atoms with Crippen LogP contribution in [0.2, 0.25) is 0 Å². The van der Waals surface area contributed by atoms with Crippen LogP contribution in [0.4, 0.5) is 11.4 Å². The zero-order chi connectivity index (χ0) is 15.3. The molecule has 20 heavy (non-hydrogen) atoms. The number of rotatable bonds is 7. The molecular weight excluding hydrogens is 284 g/mol. The molecule has 0 saturated heterocycles. The van der Waals surface area contributed by atoms with Gasteiger partial charge >= 0.3 is 5.97 Å². The molecule has 0 heterocycles. The Balaban J connectivity index is 2.78. The number of hydrogen-bond donors (Lipinski definition) is 2. The number of nitro groups is 1. The second-order valence-corrected chi connectivity index (χ2v) is 6.12. The lowest BCUT2D eigenvalue weighted by molar-refractivity contribution is -0.385. The second kappa shape index (κ2) is 6.99. The highest BCUT2D eigenvalue weighted by Crippen LogP contribution is 2.23. The lowest BCUT2D eigenvalue weighted by atomic mass is 10.1. The van der Waals surface area contributed by atoms with Crippen molar-refractivity contribution in [2.75, 3.05) is 18.1 Å². The third kappa shape index (κ3) is 4.30. The molecule has 2 N–H and O–H groups in total. The minimum atomic E-state index is -1.33. The maximum Gasteiger partial charge on any atom is 0.342 e. The van der Waals surface area contributed by atoms with Gasteiger partial charge in [-0.05, 0) is 18.6 Å². The topological polar surface area (TPSA) is 110 Å². The van der Waals surface area contributed by atoms with Crippen LogP contribution in [0.3, 0.4) is 0 Å². The first-order valence-electron chi connectivity index (χ1n) is 5.90. The van der Waals surface area contributed by atoms with Crippen LogP contribution in [0.25, 0.3) is 0 Å². The summed E-state index contributed by atoms with van der Waals surface area (Å²) in [7, 11) is -0.916. The summed E-state index contributed by atoms with van der Waals surface area (Å²) in [6.07, 6.45) is 2.27. The predicted molar refractivity (Wildman–Crippen MR) is 76.7 cm³/mol. The second-order valence-electron chi connectivity index (χ2n) is 4.32. The van der Waals surface area contributed by atoms with Crippen LogP contribution < -0.4 is 5.32 Å². The van der Waals surface area contributed by atoms with E-state index < -0.39 is 27.4 Å². The Labute approximate surface area is 118 Å². The van der Waals surface area contributed by atoms with Gasteiger partial charge in [-0.3, -0.25) is 14.3 Å². The molecule has 1 aromatic rings. The Bertz CT molecular complexity index is 547. The van der Waals surface area contributed by atoms with Crippen LogP contribution >= 0.6 is 0 Å². The molecule has 8 heteroatoms. The summed E-state index contributed by atoms with van der Waals surface area (Å²) in [4.78, 5) is 21.0. The maximum absolute atomic E-state index is 11.2. The first-order valence-corrected chi connectivity index (χ1v) is 7.53. The van der Waals surface area contributed by atoms with E-state index in [0.717, 1.165) is 0 Å². The van der Waals surface area contributed by atoms with Crippen molar-refractivity contribution in [3.63, 3.8) is 0 Å². The summed E-state index contributed by atoms with van der Waals surface area (Å²) in [6, 6.07) is 3.87. The number of hydrogen-bond acceptors (Lipinski definition) is 5. The SMILES string of the molecule is CC(CCNc1ccc(C(=O)O)c([N+](=O)[O-])c1)S(C)=O. The Morgan fingerprint density at radius 2 is 2.20 bits per heavy atom. The van der Waals surface area contributed by atoms with Gasteiger partial charge in [0.25, 0.3) is 5.69 Å². The molecule has 0 spiro atoms. The van der Waals surface area contributed by atoms with Crippen LogP contribution in [0, 0.1) is 10.1 Å². The molecule has 0 radical (unpaired) electrons. The number of benzene rings is 1. The quantitative estimate of drug-likeness (QED) is 0.587. The number of carboxylic acids is 1. The summed E-state index contributed by atoms with van der Waals surface area (Å²) in [5, 5.41) is 22.7. The van der Waals surface area contributed by atoms with E-state index in [1.54, 1.807) is 6.26 Å². The van der Waals surface area contributed by atoms with Gasteiger partial charge in [-0.25, -0.2) is 4.79 Å². The molecule has 0 aliphatic carbocycles. The molecule has 1 aromatic carbocycles. The fourth-order valence-corrected chi connectivity index (χ4v) is 2.01. The molecule has 110 valence electrons. The molecule has 0 bridgehead atoms. The number of nitrogens with one attached hydrogen (secondary N) is 1. The highest BCUT2D eigenvalue weighted by atomic mass is 32.2. The molecule has 0 saturated carbocycles. The average Bonchev–Trinajstić information content (AvgIpc) is 2.37. The largest absolute Gasteiger partial charge is 0.477 e. The number of nitro benzene ring substituents is 1. The van der Waals surface area contributed by atoms with Crippen molar-refractivity contribution in [1.82, 2.24) is 0 Å². The third-order valence-electron chi connectivity index (χ3n) is 2.87. The van der Waals surface area contributed by atoms with E-state index >= 15 is 0 Å². The van der Waals surface area contributed by atoms with Crippen molar-refractivity contribution in [2.24, 2.45) is 0 Å². The van der Waals surface area contributed by atoms with Crippen LogP contribution in [0.1, 0.15) is 23.7 Å². The minimum Gasteiger partial charge on any atom is -0.477 e. The Hall–Kier alpha value is -1.96. The average molecular weight is 300 g/mol. The van der Waals surface area contributed by atoms with E-state index in [0.29, 0.717) is 18.7 Å². The number of nitrogens with zero attached hydrogens (tertiary/aromatic N) is 1. The smallest absolute Gasteiger partial charge is 0.342 e. The lowest BCUT2D eigenvalue weighted by Crippen LogP contribution is -2.15. The number of aromatic carboxylic acids is 1. The fraction of sp³-hybridized carbons (Fsp3) is 0.417. The summed E-state index contributed by atoms with van der Waals surface area (Å²) in [5.74, 6) is -1.33. The third-order valence-corrected chi connectivity index (χ3v) is 4.24. The zero-order valence-electron chi connectivity index (χ0n) is 11.2. The van der Waals surface area contributed by atoms with Crippen LogP contribution in [-0.2, 0) is 10.8 Å². The van der Waals surface area contributed by atoms with Gasteiger partial charge in [-0.2, -0.15) is 0 Å². The summed E-state index contributed by atoms with van der Waals surface area (Å²) in [5.41, 5.74) is -0.325. The summed E-state index contributed by atoms with van der Waals surface area (Å²) in [6.45, 7) is 2.36. The highest BCUT2D eigenvalue weighted by Gasteiger charge is 2.20. The van der Waals surface area contributed by atoms with Crippen LogP contribution in [-0.4, -0.2) is 38.3 Å². The van der Waals surface area contributed by atoms with E-state index in [-0.39, 0.29) is 10.8 Å². The zero-order valence-corrected chi connectivity index (χ0v) is 12.0. The minimum absolute atomic E-state index is 0.0239. The van der Waals surface area contributed by atoms with Gasteiger partial charge in [0, 0.05) is 40.6 Å². The van der Waals surface area contributed by atoms with Crippen molar-refractivity contribution in [3.8, 4) is 0 Å². The molecule has 0 aliphatic rings. The van der Waals surface area contributed by atoms with E-state index in [2.05, 4.69) is 5.32 Å². The van der Waals surface area contributed by atoms with Crippen molar-refractivity contribution in [1.29, 1.82) is 0 Å². The molecule has 2 atom stereocenters. The van der Waals surface area contributed by atoms with Gasteiger partial charge in [-0.1, -0.05) is 6.92 Å². The molecule has 0 aromatic heterocycles. The maximum atomic E-state index is 11.2. The lowest BCUT2D eigenvalue weighted by Gasteiger charge is -2.10. The van der Waals surface area contributed by atoms with E-state index in [1.165, 1.54) is 18.2 Å². The monoisotopic (exact) mass is 300 g/mol. The van der Waals surface area contributed by atoms with Gasteiger partial charge in [0.15, 0.2) is 0 Å². The first-order chi connectivity index (χ1) is 9.32. The van der Waals surface area contributed by atoms with Crippen molar-refractivity contribution in [2.45, 2.75) is 18.6 Å². The normalized spacial score (nSPS) is 13.5. The van der Waals surface area contributed by atoms with Crippen LogP contribution in [0.5, 0.6) is 0 Å². The number of carbonyl (C=O) groups is 1. The van der Waals surface area contributed by atoms with E-state index in [4.69, 9.17) is 5.11 Å².